The first-order valence-electron chi connectivity index (χ1n) is 8.13. The van der Waals surface area contributed by atoms with Crippen LogP contribution in [0.15, 0.2) is 36.4 Å². The van der Waals surface area contributed by atoms with E-state index in [1.54, 1.807) is 23.1 Å². The van der Waals surface area contributed by atoms with Gasteiger partial charge in [-0.2, -0.15) is 0 Å². The summed E-state index contributed by atoms with van der Waals surface area (Å²) in [5, 5.41) is 0. The van der Waals surface area contributed by atoms with Crippen LogP contribution in [-0.4, -0.2) is 44.1 Å². The fourth-order valence-corrected chi connectivity index (χ4v) is 3.04. The molecule has 1 aliphatic rings. The second kappa shape index (κ2) is 7.09. The highest BCUT2D eigenvalue weighted by atomic mass is 19.1. The molecule has 0 aromatic heterocycles. The number of carbonyl (C=O) groups excluding carboxylic acids is 1. The Labute approximate surface area is 145 Å². The number of methoxy groups -OCH3 is 1. The number of anilines is 1. The van der Waals surface area contributed by atoms with Crippen molar-refractivity contribution in [3.63, 3.8) is 0 Å². The number of hydrogen-bond acceptors (Lipinski definition) is 3. The molecule has 1 saturated heterocycles. The number of ether oxygens (including phenoxy) is 1. The van der Waals surface area contributed by atoms with Crippen LogP contribution < -0.4 is 9.64 Å². The first-order valence-corrected chi connectivity index (χ1v) is 8.13. The number of benzene rings is 2. The standard InChI is InChI=1S/C19H20F2N2O2/c1-13-3-5-16(21)15(11-13)19(24)23-9-7-22(8-10-23)17-6-4-14(20)12-18(17)25-2/h3-6,11-12H,7-10H2,1-2H3. The third-order valence-corrected chi connectivity index (χ3v) is 4.40. The van der Waals surface area contributed by atoms with E-state index in [-0.39, 0.29) is 17.3 Å². The molecule has 0 atom stereocenters. The zero-order valence-electron chi connectivity index (χ0n) is 14.3. The lowest BCUT2D eigenvalue weighted by Crippen LogP contribution is -2.49. The lowest BCUT2D eigenvalue weighted by atomic mass is 10.1. The van der Waals surface area contributed by atoms with Gasteiger partial charge in [-0.3, -0.25) is 4.79 Å². The molecule has 4 nitrogen and oxygen atoms in total. The second-order valence-corrected chi connectivity index (χ2v) is 6.08. The maximum atomic E-state index is 13.9. The maximum Gasteiger partial charge on any atom is 0.256 e. The fourth-order valence-electron chi connectivity index (χ4n) is 3.04. The van der Waals surface area contributed by atoms with Gasteiger partial charge in [-0.15, -0.1) is 0 Å². The van der Waals surface area contributed by atoms with Gasteiger partial charge in [-0.1, -0.05) is 11.6 Å². The molecule has 0 saturated carbocycles. The first kappa shape index (κ1) is 17.2. The largest absolute Gasteiger partial charge is 0.494 e. The van der Waals surface area contributed by atoms with Gasteiger partial charge in [-0.25, -0.2) is 8.78 Å². The molecular weight excluding hydrogens is 326 g/mol. The number of rotatable bonds is 3. The molecule has 25 heavy (non-hydrogen) atoms. The molecule has 6 heteroatoms. The quantitative estimate of drug-likeness (QED) is 0.855. The lowest BCUT2D eigenvalue weighted by molar-refractivity contribution is 0.0742. The normalized spacial score (nSPS) is 14.6. The van der Waals surface area contributed by atoms with Crippen LogP contribution >= 0.6 is 0 Å². The van der Waals surface area contributed by atoms with Crippen molar-refractivity contribution in [3.05, 3.63) is 59.2 Å². The molecule has 0 spiro atoms. The van der Waals surface area contributed by atoms with E-state index in [0.717, 1.165) is 11.3 Å². The summed E-state index contributed by atoms with van der Waals surface area (Å²) in [6.07, 6.45) is 0. The average molecular weight is 346 g/mol. The SMILES string of the molecule is COc1cc(F)ccc1N1CCN(C(=O)c2cc(C)ccc2F)CC1. The number of carbonyl (C=O) groups is 1. The predicted molar refractivity (Wildman–Crippen MR) is 92.2 cm³/mol. The van der Waals surface area contributed by atoms with E-state index < -0.39 is 5.82 Å². The lowest BCUT2D eigenvalue weighted by Gasteiger charge is -2.36. The van der Waals surface area contributed by atoms with Gasteiger partial charge in [0.05, 0.1) is 18.4 Å². The first-order chi connectivity index (χ1) is 12.0. The number of nitrogens with zero attached hydrogens (tertiary/aromatic N) is 2. The summed E-state index contributed by atoms with van der Waals surface area (Å²) in [7, 11) is 1.50. The van der Waals surface area contributed by atoms with Gasteiger partial charge >= 0.3 is 0 Å². The molecule has 1 fully saturated rings. The van der Waals surface area contributed by atoms with Crippen molar-refractivity contribution < 1.29 is 18.3 Å². The van der Waals surface area contributed by atoms with E-state index in [4.69, 9.17) is 4.74 Å². The number of piperazine rings is 1. The summed E-state index contributed by atoms with van der Waals surface area (Å²) in [4.78, 5) is 16.3. The second-order valence-electron chi connectivity index (χ2n) is 6.08. The van der Waals surface area contributed by atoms with Crippen LogP contribution in [0.25, 0.3) is 0 Å². The summed E-state index contributed by atoms with van der Waals surface area (Å²) in [6.45, 7) is 3.90. The van der Waals surface area contributed by atoms with Gasteiger partial charge in [0.25, 0.3) is 5.91 Å². The molecule has 2 aromatic rings. The van der Waals surface area contributed by atoms with E-state index in [1.165, 1.54) is 25.3 Å². The topological polar surface area (TPSA) is 32.8 Å². The number of hydrogen-bond donors (Lipinski definition) is 0. The third-order valence-electron chi connectivity index (χ3n) is 4.40. The van der Waals surface area contributed by atoms with Crippen LogP contribution in [0.4, 0.5) is 14.5 Å². The minimum Gasteiger partial charge on any atom is -0.494 e. The zero-order valence-corrected chi connectivity index (χ0v) is 14.3. The molecule has 0 radical (unpaired) electrons. The molecule has 0 unspecified atom stereocenters. The Balaban J connectivity index is 1.72. The smallest absolute Gasteiger partial charge is 0.256 e. The van der Waals surface area contributed by atoms with Crippen molar-refractivity contribution >= 4 is 11.6 Å². The monoisotopic (exact) mass is 346 g/mol. The summed E-state index contributed by atoms with van der Waals surface area (Å²) >= 11 is 0. The van der Waals surface area contributed by atoms with Crippen LogP contribution in [0.3, 0.4) is 0 Å². The van der Waals surface area contributed by atoms with Crippen LogP contribution in [0, 0.1) is 18.6 Å². The summed E-state index contributed by atoms with van der Waals surface area (Å²) in [5.41, 5.74) is 1.74. The summed E-state index contributed by atoms with van der Waals surface area (Å²) < 4.78 is 32.5. The Kier molecular flexibility index (Phi) is 4.88. The molecule has 3 rings (SSSR count). The molecule has 1 amide bonds. The van der Waals surface area contributed by atoms with Crippen LogP contribution in [-0.2, 0) is 0 Å². The Morgan fingerprint density at radius 1 is 1.04 bits per heavy atom. The van der Waals surface area contributed by atoms with Crippen molar-refractivity contribution in [2.45, 2.75) is 6.92 Å². The van der Waals surface area contributed by atoms with Gasteiger partial charge in [0.15, 0.2) is 0 Å². The van der Waals surface area contributed by atoms with Gasteiger partial charge in [0, 0.05) is 32.2 Å². The molecule has 0 N–H and O–H groups in total. The van der Waals surface area contributed by atoms with Crippen molar-refractivity contribution in [3.8, 4) is 5.75 Å². The Morgan fingerprint density at radius 3 is 2.44 bits per heavy atom. The van der Waals surface area contributed by atoms with E-state index in [2.05, 4.69) is 0 Å². The highest BCUT2D eigenvalue weighted by Gasteiger charge is 2.25. The molecule has 0 aliphatic carbocycles. The van der Waals surface area contributed by atoms with Gasteiger partial charge in [0.2, 0.25) is 0 Å². The predicted octanol–water partition coefficient (Wildman–Crippen LogP) is 3.24. The van der Waals surface area contributed by atoms with Crippen molar-refractivity contribution in [1.29, 1.82) is 0 Å². The molecule has 132 valence electrons. The molecule has 1 heterocycles. The van der Waals surface area contributed by atoms with Crippen LogP contribution in [0.2, 0.25) is 0 Å². The van der Waals surface area contributed by atoms with Crippen molar-refractivity contribution in [2.75, 3.05) is 38.2 Å². The van der Waals surface area contributed by atoms with E-state index in [0.29, 0.717) is 31.9 Å². The highest BCUT2D eigenvalue weighted by Crippen LogP contribution is 2.30. The minimum atomic E-state index is -0.502. The Bertz CT molecular complexity index is 787. The van der Waals surface area contributed by atoms with E-state index in [9.17, 15) is 13.6 Å². The van der Waals surface area contributed by atoms with Gasteiger partial charge in [-0.05, 0) is 31.2 Å². The van der Waals surface area contributed by atoms with Gasteiger partial charge in [0.1, 0.15) is 17.4 Å². The third kappa shape index (κ3) is 3.57. The van der Waals surface area contributed by atoms with Gasteiger partial charge < -0.3 is 14.5 Å². The van der Waals surface area contributed by atoms with E-state index >= 15 is 0 Å². The highest BCUT2D eigenvalue weighted by molar-refractivity contribution is 5.94. The average Bonchev–Trinajstić information content (AvgIpc) is 2.63. The summed E-state index contributed by atoms with van der Waals surface area (Å²) in [5.74, 6) is -0.695. The maximum absolute atomic E-state index is 13.9. The Hall–Kier alpha value is -2.63. The molecule has 1 aliphatic heterocycles. The molecule has 0 bridgehead atoms. The van der Waals surface area contributed by atoms with E-state index in [1.807, 2.05) is 11.8 Å². The fraction of sp³-hybridized carbons (Fsp3) is 0.316. The Morgan fingerprint density at radius 2 is 1.76 bits per heavy atom. The number of aryl methyl sites for hydroxylation is 1. The summed E-state index contributed by atoms with van der Waals surface area (Å²) in [6, 6.07) is 8.94. The molecule has 2 aromatic carbocycles. The number of amides is 1. The minimum absolute atomic E-state index is 0.104. The zero-order chi connectivity index (χ0) is 18.0. The van der Waals surface area contributed by atoms with Crippen molar-refractivity contribution in [2.24, 2.45) is 0 Å². The van der Waals surface area contributed by atoms with Crippen LogP contribution in [0.5, 0.6) is 5.75 Å². The van der Waals surface area contributed by atoms with Crippen LogP contribution in [0.1, 0.15) is 15.9 Å². The molecular formula is C19H20F2N2O2. The van der Waals surface area contributed by atoms with Crippen molar-refractivity contribution in [1.82, 2.24) is 4.90 Å². The number of halogens is 2.